The third kappa shape index (κ3) is 8.83. The van der Waals surface area contributed by atoms with E-state index in [1.54, 1.807) is 0 Å². The molecule has 16 heteroatoms. The summed E-state index contributed by atoms with van der Waals surface area (Å²) in [6.45, 7) is 2.67. The molecule has 7 aliphatic rings. The van der Waals surface area contributed by atoms with Crippen molar-refractivity contribution < 1.29 is 71.5 Å². The summed E-state index contributed by atoms with van der Waals surface area (Å²) in [4.78, 5) is 41.1. The van der Waals surface area contributed by atoms with E-state index >= 15 is 0 Å². The van der Waals surface area contributed by atoms with Crippen molar-refractivity contribution in [1.82, 2.24) is 0 Å². The molecular formula is C40H62O15S. The van der Waals surface area contributed by atoms with Crippen LogP contribution >= 0.6 is 0 Å². The Labute approximate surface area is 329 Å². The van der Waals surface area contributed by atoms with E-state index in [0.29, 0.717) is 82.5 Å². The van der Waals surface area contributed by atoms with E-state index in [0.717, 1.165) is 25.7 Å². The summed E-state index contributed by atoms with van der Waals surface area (Å²) in [5, 5.41) is 37.9. The maximum atomic E-state index is 14.0. The fourth-order valence-corrected chi connectivity index (χ4v) is 12.8. The summed E-state index contributed by atoms with van der Waals surface area (Å²) in [5.74, 6) is -1.02. The summed E-state index contributed by atoms with van der Waals surface area (Å²) in [6.07, 6.45) is 8.62. The van der Waals surface area contributed by atoms with Crippen LogP contribution in [-0.2, 0) is 48.2 Å². The number of aliphatic hydroxyl groups is 4. The first-order valence-corrected chi connectivity index (χ1v) is 22.2. The number of fused-ring (bicyclic) bond motifs is 6. The van der Waals surface area contributed by atoms with E-state index in [9.17, 15) is 43.2 Å². The average Bonchev–Trinajstić information content (AvgIpc) is 3.10. The average molecular weight is 815 g/mol. The summed E-state index contributed by atoms with van der Waals surface area (Å²) in [7, 11) is -5.33. The van der Waals surface area contributed by atoms with Crippen LogP contribution in [0.5, 0.6) is 0 Å². The zero-order valence-electron chi connectivity index (χ0n) is 32.8. The smallest absolute Gasteiger partial charge is 0.330 e. The van der Waals surface area contributed by atoms with Gasteiger partial charge in [-0.3, -0.25) is 18.9 Å². The van der Waals surface area contributed by atoms with Crippen LogP contribution in [0.25, 0.3) is 0 Å². The van der Waals surface area contributed by atoms with E-state index < -0.39 is 73.9 Å². The minimum atomic E-state index is -5.33. The van der Waals surface area contributed by atoms with E-state index in [1.807, 2.05) is 0 Å². The van der Waals surface area contributed by atoms with Gasteiger partial charge in [0.2, 0.25) is 0 Å². The largest absolute Gasteiger partial charge is 0.465 e. The van der Waals surface area contributed by atoms with Gasteiger partial charge in [-0.15, -0.1) is 0 Å². The topological polar surface area (TPSA) is 233 Å². The van der Waals surface area contributed by atoms with Gasteiger partial charge in [0.25, 0.3) is 0 Å². The molecule has 15 nitrogen and oxygen atoms in total. The van der Waals surface area contributed by atoms with Crippen LogP contribution in [-0.4, -0.2) is 107 Å². The van der Waals surface area contributed by atoms with Gasteiger partial charge in [0, 0.05) is 5.92 Å². The molecule has 318 valence electrons. The van der Waals surface area contributed by atoms with Gasteiger partial charge < -0.3 is 44.1 Å². The maximum absolute atomic E-state index is 14.0. The first-order chi connectivity index (χ1) is 26.2. The SMILES string of the molecule is CC1CC2CC(C(=O)OCC3(COC(=O)C45CC(C)CC(CC(O)C4)C5)COC(C4CC5CCCC(C(=O)OCC(O)(O)S(=O)(=O)O)(C5)C4)OC3)CC(O)(C1)C2. The number of carbonyl (C=O) groups excluding carboxylic acids is 3. The van der Waals surface area contributed by atoms with E-state index in [1.165, 1.54) is 0 Å². The quantitative estimate of drug-likeness (QED) is 0.0872. The number of hydrogen-bond acceptors (Lipinski definition) is 14. The molecule has 1 heterocycles. The molecule has 1 saturated heterocycles. The number of hydrogen-bond donors (Lipinski definition) is 5. The van der Waals surface area contributed by atoms with Gasteiger partial charge in [0.1, 0.15) is 13.2 Å². The molecule has 0 spiro atoms. The lowest BCUT2D eigenvalue weighted by Crippen LogP contribution is -2.54. The monoisotopic (exact) mass is 814 g/mol. The highest BCUT2D eigenvalue weighted by Gasteiger charge is 2.55. The Morgan fingerprint density at radius 2 is 1.39 bits per heavy atom. The molecule has 56 heavy (non-hydrogen) atoms. The molecular weight excluding hydrogens is 752 g/mol. The van der Waals surface area contributed by atoms with Crippen LogP contribution < -0.4 is 0 Å². The number of rotatable bonds is 11. The Balaban J connectivity index is 1.04. The lowest BCUT2D eigenvalue weighted by Gasteiger charge is -2.50. The molecule has 1 aliphatic heterocycles. The minimum Gasteiger partial charge on any atom is -0.465 e. The van der Waals surface area contributed by atoms with Gasteiger partial charge in [-0.25, -0.2) is 0 Å². The first kappa shape index (κ1) is 42.2. The summed E-state index contributed by atoms with van der Waals surface area (Å²) >= 11 is 0. The molecule has 6 saturated carbocycles. The van der Waals surface area contributed by atoms with E-state index in [-0.39, 0.29) is 62.5 Å². The van der Waals surface area contributed by atoms with Crippen molar-refractivity contribution in [1.29, 1.82) is 0 Å². The van der Waals surface area contributed by atoms with Crippen LogP contribution in [0.4, 0.5) is 0 Å². The van der Waals surface area contributed by atoms with Gasteiger partial charge >= 0.3 is 33.1 Å². The van der Waals surface area contributed by atoms with Crippen molar-refractivity contribution in [2.45, 2.75) is 140 Å². The summed E-state index contributed by atoms with van der Waals surface area (Å²) < 4.78 is 62.0. The Morgan fingerprint density at radius 3 is 2.09 bits per heavy atom. The Hall–Kier alpha value is -1.92. The van der Waals surface area contributed by atoms with Gasteiger partial charge in [0.05, 0.1) is 47.1 Å². The summed E-state index contributed by atoms with van der Waals surface area (Å²) in [6, 6.07) is 0. The van der Waals surface area contributed by atoms with Crippen molar-refractivity contribution in [2.75, 3.05) is 33.0 Å². The van der Waals surface area contributed by atoms with Crippen LogP contribution in [0.2, 0.25) is 0 Å². The summed E-state index contributed by atoms with van der Waals surface area (Å²) in [5.41, 5.74) is -3.78. The Kier molecular flexibility index (Phi) is 11.8. The maximum Gasteiger partial charge on any atom is 0.330 e. The molecule has 11 atom stereocenters. The predicted octanol–water partition coefficient (Wildman–Crippen LogP) is 3.24. The number of carbonyl (C=O) groups is 3. The number of ether oxygens (including phenoxy) is 5. The molecule has 7 fully saturated rings. The highest BCUT2D eigenvalue weighted by Crippen LogP contribution is 2.55. The van der Waals surface area contributed by atoms with Crippen molar-refractivity contribution in [3.8, 4) is 0 Å². The normalized spacial score (nSPS) is 43.9. The predicted molar refractivity (Wildman–Crippen MR) is 195 cm³/mol. The molecule has 0 radical (unpaired) electrons. The zero-order valence-corrected chi connectivity index (χ0v) is 33.6. The molecule has 0 aromatic heterocycles. The van der Waals surface area contributed by atoms with Crippen LogP contribution in [0.1, 0.15) is 117 Å². The van der Waals surface area contributed by atoms with Gasteiger partial charge in [-0.2, -0.15) is 8.42 Å². The highest BCUT2D eigenvalue weighted by molar-refractivity contribution is 7.86. The van der Waals surface area contributed by atoms with Crippen molar-refractivity contribution in [2.24, 2.45) is 57.7 Å². The Bertz CT molecular complexity index is 1570. The highest BCUT2D eigenvalue weighted by atomic mass is 32.2. The standard InChI is InChI=1S/C40H62O15S/c1-24-6-28-10-31(41)18-38(11-24,14-28)35(44)54-22-36(19-51-32(42)29-9-27-7-25(2)12-39(45,15-27)17-29)20-52-33(53-21-36)30-8-26-4-3-5-37(13-26,16-30)34(43)55-23-40(46,47)56(48,49)50/h24-31,33,41,45-47H,3-23H2,1-2H3,(H,48,49,50). The molecule has 7 rings (SSSR count). The molecule has 6 aliphatic carbocycles. The van der Waals surface area contributed by atoms with Crippen molar-refractivity contribution in [3.05, 3.63) is 0 Å². The van der Waals surface area contributed by atoms with Gasteiger partial charge in [-0.05, 0) is 119 Å². The number of aliphatic hydroxyl groups excluding tert-OH is 1. The van der Waals surface area contributed by atoms with Crippen molar-refractivity contribution >= 4 is 28.0 Å². The fraction of sp³-hybridized carbons (Fsp3) is 0.925. The number of esters is 3. The van der Waals surface area contributed by atoms with E-state index in [4.69, 9.17) is 28.2 Å². The van der Waals surface area contributed by atoms with E-state index in [2.05, 4.69) is 13.8 Å². The third-order valence-electron chi connectivity index (χ3n) is 14.5. The zero-order chi connectivity index (χ0) is 40.3. The molecule has 5 N–H and O–H groups in total. The second-order valence-electron chi connectivity index (χ2n) is 19.9. The Morgan fingerprint density at radius 1 is 0.750 bits per heavy atom. The van der Waals surface area contributed by atoms with Crippen LogP contribution in [0.15, 0.2) is 0 Å². The van der Waals surface area contributed by atoms with Crippen molar-refractivity contribution in [3.63, 3.8) is 0 Å². The van der Waals surface area contributed by atoms with Crippen LogP contribution in [0.3, 0.4) is 0 Å². The molecule has 11 unspecified atom stereocenters. The third-order valence-corrected chi connectivity index (χ3v) is 15.5. The second kappa shape index (κ2) is 15.6. The molecule has 0 aromatic rings. The first-order valence-electron chi connectivity index (χ1n) is 20.8. The minimum absolute atomic E-state index is 0.0200. The van der Waals surface area contributed by atoms with Gasteiger partial charge in [0.15, 0.2) is 12.9 Å². The lowest BCUT2D eigenvalue weighted by atomic mass is 9.58. The fourth-order valence-electron chi connectivity index (χ4n) is 12.6. The lowest BCUT2D eigenvalue weighted by molar-refractivity contribution is -0.275. The molecule has 0 amide bonds. The second-order valence-corrected chi connectivity index (χ2v) is 21.5. The van der Waals surface area contributed by atoms with Crippen LogP contribution in [0, 0.1) is 57.7 Å². The molecule has 0 aromatic carbocycles. The molecule has 6 bridgehead atoms. The van der Waals surface area contributed by atoms with Gasteiger partial charge in [-0.1, -0.05) is 26.7 Å².